The van der Waals surface area contributed by atoms with Crippen molar-refractivity contribution in [2.24, 2.45) is 0 Å². The van der Waals surface area contributed by atoms with Gasteiger partial charge in [0, 0.05) is 10.7 Å². The van der Waals surface area contributed by atoms with Gasteiger partial charge in [0.1, 0.15) is 11.9 Å². The van der Waals surface area contributed by atoms with Crippen LogP contribution in [0, 0.1) is 12.7 Å². The molecule has 0 fully saturated rings. The van der Waals surface area contributed by atoms with E-state index in [-0.39, 0.29) is 10.9 Å². The standard InChI is InChI=1S/C16H15Cl2FN2O/c1-9-3-5-12(8-13(9)17)20-10(2)16(22)21-15-6-4-11(19)7-14(15)18/h3-8,10,20H,1-2H3,(H,21,22)/t10-/m1/s1. The predicted molar refractivity (Wildman–Crippen MR) is 89.3 cm³/mol. The average molecular weight is 341 g/mol. The minimum Gasteiger partial charge on any atom is -0.374 e. The number of amides is 1. The molecule has 3 nitrogen and oxygen atoms in total. The van der Waals surface area contributed by atoms with Crippen molar-refractivity contribution in [1.29, 1.82) is 0 Å². The van der Waals surface area contributed by atoms with Crippen LogP contribution < -0.4 is 10.6 Å². The van der Waals surface area contributed by atoms with Gasteiger partial charge in [0.05, 0.1) is 10.7 Å². The highest BCUT2D eigenvalue weighted by molar-refractivity contribution is 6.33. The minimum atomic E-state index is -0.514. The molecule has 2 N–H and O–H groups in total. The highest BCUT2D eigenvalue weighted by Gasteiger charge is 2.14. The number of halogens is 3. The van der Waals surface area contributed by atoms with E-state index in [0.717, 1.165) is 17.3 Å². The lowest BCUT2D eigenvalue weighted by molar-refractivity contribution is -0.116. The molecule has 0 radical (unpaired) electrons. The number of hydrogen-bond donors (Lipinski definition) is 2. The van der Waals surface area contributed by atoms with E-state index in [1.165, 1.54) is 12.1 Å². The maximum atomic E-state index is 13.0. The molecular formula is C16H15Cl2FN2O. The molecule has 2 rings (SSSR count). The summed E-state index contributed by atoms with van der Waals surface area (Å²) in [5.74, 6) is -0.742. The molecule has 0 heterocycles. The van der Waals surface area contributed by atoms with Crippen molar-refractivity contribution in [1.82, 2.24) is 0 Å². The Labute approximate surface area is 138 Å². The highest BCUT2D eigenvalue weighted by Crippen LogP contribution is 2.23. The van der Waals surface area contributed by atoms with E-state index in [1.807, 2.05) is 19.1 Å². The van der Waals surface area contributed by atoms with Gasteiger partial charge >= 0.3 is 0 Å². The van der Waals surface area contributed by atoms with Crippen LogP contribution in [0.5, 0.6) is 0 Å². The van der Waals surface area contributed by atoms with Gasteiger partial charge < -0.3 is 10.6 Å². The Morgan fingerprint density at radius 1 is 1.14 bits per heavy atom. The SMILES string of the molecule is Cc1ccc(N[C@H](C)C(=O)Nc2ccc(F)cc2Cl)cc1Cl. The summed E-state index contributed by atoms with van der Waals surface area (Å²) in [4.78, 5) is 12.1. The lowest BCUT2D eigenvalue weighted by Gasteiger charge is -2.16. The third-order valence-corrected chi connectivity index (χ3v) is 3.86. The van der Waals surface area contributed by atoms with Crippen LogP contribution in [0.15, 0.2) is 36.4 Å². The van der Waals surface area contributed by atoms with Crippen molar-refractivity contribution in [3.63, 3.8) is 0 Å². The topological polar surface area (TPSA) is 41.1 Å². The Morgan fingerprint density at radius 3 is 2.50 bits per heavy atom. The molecule has 0 unspecified atom stereocenters. The van der Waals surface area contributed by atoms with Gasteiger partial charge in [-0.1, -0.05) is 29.3 Å². The molecule has 0 saturated carbocycles. The van der Waals surface area contributed by atoms with E-state index in [2.05, 4.69) is 10.6 Å². The second kappa shape index (κ2) is 6.99. The van der Waals surface area contributed by atoms with Gasteiger partial charge in [-0.2, -0.15) is 0 Å². The molecule has 0 aromatic heterocycles. The van der Waals surface area contributed by atoms with E-state index < -0.39 is 11.9 Å². The van der Waals surface area contributed by atoms with Crippen LogP contribution >= 0.6 is 23.2 Å². The minimum absolute atomic E-state index is 0.152. The van der Waals surface area contributed by atoms with E-state index in [1.54, 1.807) is 13.0 Å². The van der Waals surface area contributed by atoms with E-state index in [0.29, 0.717) is 10.7 Å². The monoisotopic (exact) mass is 340 g/mol. The Morgan fingerprint density at radius 2 is 1.86 bits per heavy atom. The summed E-state index contributed by atoms with van der Waals surface area (Å²) in [6, 6.07) is 8.76. The van der Waals surface area contributed by atoms with Crippen LogP contribution in [0.2, 0.25) is 10.0 Å². The molecule has 22 heavy (non-hydrogen) atoms. The third-order valence-electron chi connectivity index (χ3n) is 3.14. The van der Waals surface area contributed by atoms with Crippen molar-refractivity contribution in [3.8, 4) is 0 Å². The molecule has 2 aromatic rings. The lowest BCUT2D eigenvalue weighted by atomic mass is 10.2. The first-order chi connectivity index (χ1) is 10.4. The van der Waals surface area contributed by atoms with Gasteiger partial charge in [-0.05, 0) is 49.7 Å². The van der Waals surface area contributed by atoms with Crippen molar-refractivity contribution in [2.45, 2.75) is 19.9 Å². The first-order valence-electron chi connectivity index (χ1n) is 6.65. The van der Waals surface area contributed by atoms with Crippen LogP contribution in [-0.4, -0.2) is 11.9 Å². The van der Waals surface area contributed by atoms with Gasteiger partial charge in [-0.3, -0.25) is 4.79 Å². The summed E-state index contributed by atoms with van der Waals surface area (Å²) in [5, 5.41) is 6.47. The Hall–Kier alpha value is -1.78. The van der Waals surface area contributed by atoms with Crippen LogP contribution in [0.25, 0.3) is 0 Å². The molecule has 0 bridgehead atoms. The first kappa shape index (κ1) is 16.6. The zero-order valence-corrected chi connectivity index (χ0v) is 13.6. The maximum Gasteiger partial charge on any atom is 0.246 e. The number of carbonyl (C=O) groups excluding carboxylic acids is 1. The third kappa shape index (κ3) is 4.12. The smallest absolute Gasteiger partial charge is 0.246 e. The van der Waals surface area contributed by atoms with Gasteiger partial charge in [0.2, 0.25) is 5.91 Å². The molecule has 0 saturated heterocycles. The normalized spacial score (nSPS) is 11.9. The zero-order valence-electron chi connectivity index (χ0n) is 12.1. The number of carbonyl (C=O) groups is 1. The van der Waals surface area contributed by atoms with Crippen LogP contribution in [0.4, 0.5) is 15.8 Å². The van der Waals surface area contributed by atoms with E-state index in [4.69, 9.17) is 23.2 Å². The molecule has 1 amide bonds. The van der Waals surface area contributed by atoms with Gasteiger partial charge in [0.15, 0.2) is 0 Å². The maximum absolute atomic E-state index is 13.0. The van der Waals surface area contributed by atoms with E-state index in [9.17, 15) is 9.18 Å². The fraction of sp³-hybridized carbons (Fsp3) is 0.188. The fourth-order valence-corrected chi connectivity index (χ4v) is 2.23. The fourth-order valence-electron chi connectivity index (χ4n) is 1.83. The van der Waals surface area contributed by atoms with Crippen molar-refractivity contribution >= 4 is 40.5 Å². The summed E-state index contributed by atoms with van der Waals surface area (Å²) in [5.41, 5.74) is 2.06. The number of nitrogens with one attached hydrogen (secondary N) is 2. The quantitative estimate of drug-likeness (QED) is 0.832. The molecule has 0 spiro atoms. The number of aryl methyl sites for hydroxylation is 1. The average Bonchev–Trinajstić information content (AvgIpc) is 2.45. The highest BCUT2D eigenvalue weighted by atomic mass is 35.5. The molecule has 2 aromatic carbocycles. The molecule has 116 valence electrons. The summed E-state index contributed by atoms with van der Waals surface area (Å²) < 4.78 is 13.0. The van der Waals surface area contributed by atoms with Crippen LogP contribution in [0.3, 0.4) is 0 Å². The molecule has 0 aliphatic carbocycles. The molecule has 0 aliphatic heterocycles. The lowest BCUT2D eigenvalue weighted by Crippen LogP contribution is -2.31. The number of hydrogen-bond acceptors (Lipinski definition) is 2. The van der Waals surface area contributed by atoms with Crippen LogP contribution in [0.1, 0.15) is 12.5 Å². The zero-order chi connectivity index (χ0) is 16.3. The number of benzene rings is 2. The largest absolute Gasteiger partial charge is 0.374 e. The van der Waals surface area contributed by atoms with E-state index >= 15 is 0 Å². The van der Waals surface area contributed by atoms with Gasteiger partial charge in [-0.15, -0.1) is 0 Å². The molecule has 6 heteroatoms. The first-order valence-corrected chi connectivity index (χ1v) is 7.41. The van der Waals surface area contributed by atoms with Crippen molar-refractivity contribution in [2.75, 3.05) is 10.6 Å². The Balaban J connectivity index is 2.04. The van der Waals surface area contributed by atoms with Crippen molar-refractivity contribution in [3.05, 3.63) is 57.8 Å². The van der Waals surface area contributed by atoms with Crippen molar-refractivity contribution < 1.29 is 9.18 Å². The number of rotatable bonds is 4. The summed E-state index contributed by atoms with van der Waals surface area (Å²) in [6.45, 7) is 3.61. The summed E-state index contributed by atoms with van der Waals surface area (Å²) >= 11 is 11.9. The number of anilines is 2. The molecular weight excluding hydrogens is 326 g/mol. The summed E-state index contributed by atoms with van der Waals surface area (Å²) in [6.07, 6.45) is 0. The molecule has 1 atom stereocenters. The Kier molecular flexibility index (Phi) is 5.27. The Bertz CT molecular complexity index is 707. The van der Waals surface area contributed by atoms with Gasteiger partial charge in [0.25, 0.3) is 0 Å². The second-order valence-electron chi connectivity index (χ2n) is 4.94. The molecule has 0 aliphatic rings. The van der Waals surface area contributed by atoms with Gasteiger partial charge in [-0.25, -0.2) is 4.39 Å². The second-order valence-corrected chi connectivity index (χ2v) is 5.76. The predicted octanol–water partition coefficient (Wildman–Crippen LogP) is 4.88. The van der Waals surface area contributed by atoms with Crippen LogP contribution in [-0.2, 0) is 4.79 Å². The summed E-state index contributed by atoms with van der Waals surface area (Å²) in [7, 11) is 0.